The Morgan fingerprint density at radius 3 is 2.91 bits per heavy atom. The highest BCUT2D eigenvalue weighted by atomic mass is 28.1. The maximum absolute atomic E-state index is 8.42. The summed E-state index contributed by atoms with van der Waals surface area (Å²) in [6.45, 7) is 0.912. The second-order valence-electron chi connectivity index (χ2n) is 3.41. The molecular formula is C8H15NOSi. The predicted molar refractivity (Wildman–Crippen MR) is 47.3 cm³/mol. The van der Waals surface area contributed by atoms with Crippen molar-refractivity contribution in [1.29, 1.82) is 5.26 Å². The summed E-state index contributed by atoms with van der Waals surface area (Å²) in [5.74, 6) is 0. The van der Waals surface area contributed by atoms with E-state index in [-0.39, 0.29) is 5.22 Å². The van der Waals surface area contributed by atoms with E-state index in [1.54, 1.807) is 0 Å². The van der Waals surface area contributed by atoms with Gasteiger partial charge in [-0.25, -0.2) is 0 Å². The lowest BCUT2D eigenvalue weighted by Gasteiger charge is -2.33. The van der Waals surface area contributed by atoms with Crippen LogP contribution in [-0.2, 0) is 4.74 Å². The second-order valence-corrected chi connectivity index (χ2v) is 5.24. The number of nitriles is 1. The molecular weight excluding hydrogens is 154 g/mol. The molecule has 1 fully saturated rings. The molecule has 0 N–H and O–H groups in total. The molecule has 0 radical (unpaired) electrons. The van der Waals surface area contributed by atoms with Gasteiger partial charge < -0.3 is 4.74 Å². The first-order valence-corrected chi connectivity index (χ1v) is 5.28. The molecule has 0 saturated carbocycles. The summed E-state index contributed by atoms with van der Waals surface area (Å²) in [6, 6.07) is 2.18. The second kappa shape index (κ2) is 3.89. The van der Waals surface area contributed by atoms with Crippen molar-refractivity contribution in [3.63, 3.8) is 0 Å². The van der Waals surface area contributed by atoms with E-state index in [1.807, 2.05) is 0 Å². The molecule has 1 atom stereocenters. The molecule has 0 aromatic carbocycles. The van der Waals surface area contributed by atoms with E-state index in [9.17, 15) is 0 Å². The fraction of sp³-hybridized carbons (Fsp3) is 0.875. The molecule has 2 nitrogen and oxygen atoms in total. The van der Waals surface area contributed by atoms with Crippen LogP contribution in [0.1, 0.15) is 32.1 Å². The van der Waals surface area contributed by atoms with Crippen LogP contribution in [0.3, 0.4) is 0 Å². The van der Waals surface area contributed by atoms with E-state index < -0.39 is 0 Å². The summed E-state index contributed by atoms with van der Waals surface area (Å²) in [4.78, 5) is 0. The fourth-order valence-electron chi connectivity index (χ4n) is 1.51. The van der Waals surface area contributed by atoms with Gasteiger partial charge in [0.15, 0.2) is 0 Å². The van der Waals surface area contributed by atoms with Crippen molar-refractivity contribution in [1.82, 2.24) is 0 Å². The average Bonchev–Trinajstić information content (AvgIpc) is 2.03. The van der Waals surface area contributed by atoms with Gasteiger partial charge in [0.05, 0.1) is 6.07 Å². The standard InChI is InChI=1S/C8H15NOSi/c9-6-3-5-8(11)4-1-2-7-10-8/h1-5,7H2,11H3. The highest BCUT2D eigenvalue weighted by molar-refractivity contribution is 6.14. The third-order valence-corrected chi connectivity index (χ3v) is 3.60. The van der Waals surface area contributed by atoms with Gasteiger partial charge in [-0.1, -0.05) is 0 Å². The Labute approximate surface area is 71.0 Å². The Kier molecular flexibility index (Phi) is 3.10. The zero-order valence-electron chi connectivity index (χ0n) is 7.10. The van der Waals surface area contributed by atoms with Gasteiger partial charge in [0.2, 0.25) is 0 Å². The number of nitrogens with zero attached hydrogens (tertiary/aromatic N) is 1. The number of hydrogen-bond donors (Lipinski definition) is 0. The van der Waals surface area contributed by atoms with Gasteiger partial charge in [-0.2, -0.15) is 5.26 Å². The lowest BCUT2D eigenvalue weighted by Crippen LogP contribution is -2.36. The molecule has 0 aromatic heterocycles. The van der Waals surface area contributed by atoms with Crippen LogP contribution in [0.2, 0.25) is 0 Å². The smallest absolute Gasteiger partial charge is 0.0622 e. The molecule has 1 heterocycles. The molecule has 3 heteroatoms. The Morgan fingerprint density at radius 1 is 1.55 bits per heavy atom. The van der Waals surface area contributed by atoms with Gasteiger partial charge in [-0.3, -0.25) is 0 Å². The summed E-state index contributed by atoms with van der Waals surface area (Å²) in [6.07, 6.45) is 5.28. The fourth-order valence-corrected chi connectivity index (χ4v) is 2.32. The van der Waals surface area contributed by atoms with E-state index >= 15 is 0 Å². The van der Waals surface area contributed by atoms with Gasteiger partial charge in [0, 0.05) is 28.5 Å². The van der Waals surface area contributed by atoms with Crippen molar-refractivity contribution < 1.29 is 4.74 Å². The van der Waals surface area contributed by atoms with Crippen molar-refractivity contribution in [3.05, 3.63) is 0 Å². The van der Waals surface area contributed by atoms with E-state index in [4.69, 9.17) is 10.00 Å². The van der Waals surface area contributed by atoms with Crippen molar-refractivity contribution in [2.75, 3.05) is 6.61 Å². The van der Waals surface area contributed by atoms with Gasteiger partial charge in [0.25, 0.3) is 0 Å². The van der Waals surface area contributed by atoms with Crippen LogP contribution in [0, 0.1) is 11.3 Å². The Bertz CT molecular complexity index is 158. The number of ether oxygens (including phenoxy) is 1. The monoisotopic (exact) mass is 169 g/mol. The quantitative estimate of drug-likeness (QED) is 0.566. The summed E-state index contributed by atoms with van der Waals surface area (Å²) in [5, 5.41) is 8.57. The first kappa shape index (κ1) is 8.76. The van der Waals surface area contributed by atoms with E-state index in [1.165, 1.54) is 19.3 Å². The maximum Gasteiger partial charge on any atom is 0.0622 e. The summed E-state index contributed by atoms with van der Waals surface area (Å²) < 4.78 is 5.68. The third-order valence-electron chi connectivity index (χ3n) is 2.32. The van der Waals surface area contributed by atoms with Crippen LogP contribution in [0.4, 0.5) is 0 Å². The van der Waals surface area contributed by atoms with Crippen LogP contribution in [0.5, 0.6) is 0 Å². The van der Waals surface area contributed by atoms with Crippen molar-refractivity contribution in [3.8, 4) is 6.07 Å². The molecule has 1 aliphatic heterocycles. The first-order chi connectivity index (χ1) is 5.27. The van der Waals surface area contributed by atoms with Gasteiger partial charge in [-0.05, 0) is 25.7 Å². The molecule has 1 aliphatic rings. The highest BCUT2D eigenvalue weighted by Crippen LogP contribution is 2.25. The minimum atomic E-state index is 0.147. The SMILES string of the molecule is N#CCCC1([SiH3])CCCCO1. The molecule has 0 bridgehead atoms. The van der Waals surface area contributed by atoms with E-state index in [2.05, 4.69) is 6.07 Å². The van der Waals surface area contributed by atoms with Crippen LogP contribution in [0.25, 0.3) is 0 Å². The molecule has 0 aliphatic carbocycles. The molecule has 1 unspecified atom stereocenters. The maximum atomic E-state index is 8.42. The largest absolute Gasteiger partial charge is 0.380 e. The Balaban J connectivity index is 2.32. The first-order valence-electron chi connectivity index (χ1n) is 4.28. The lowest BCUT2D eigenvalue weighted by molar-refractivity contribution is -0.0216. The summed E-state index contributed by atoms with van der Waals surface area (Å²) in [5.41, 5.74) is 0. The molecule has 0 amide bonds. The van der Waals surface area contributed by atoms with Crippen LogP contribution >= 0.6 is 0 Å². The molecule has 0 aromatic rings. The average molecular weight is 169 g/mol. The van der Waals surface area contributed by atoms with Crippen molar-refractivity contribution in [2.45, 2.75) is 37.3 Å². The zero-order chi connectivity index (χ0) is 8.16. The summed E-state index contributed by atoms with van der Waals surface area (Å²) in [7, 11) is 1.07. The normalized spacial score (nSPS) is 31.5. The van der Waals surface area contributed by atoms with E-state index in [0.29, 0.717) is 6.42 Å². The topological polar surface area (TPSA) is 33.0 Å². The van der Waals surface area contributed by atoms with Gasteiger partial charge >= 0.3 is 0 Å². The zero-order valence-corrected chi connectivity index (χ0v) is 9.10. The summed E-state index contributed by atoms with van der Waals surface area (Å²) >= 11 is 0. The van der Waals surface area contributed by atoms with Gasteiger partial charge in [-0.15, -0.1) is 0 Å². The third kappa shape index (κ3) is 2.64. The van der Waals surface area contributed by atoms with Crippen molar-refractivity contribution in [2.24, 2.45) is 0 Å². The minimum absolute atomic E-state index is 0.147. The van der Waals surface area contributed by atoms with Crippen LogP contribution in [-0.4, -0.2) is 22.1 Å². The van der Waals surface area contributed by atoms with Gasteiger partial charge in [0.1, 0.15) is 0 Å². The Morgan fingerprint density at radius 2 is 2.36 bits per heavy atom. The van der Waals surface area contributed by atoms with Crippen LogP contribution in [0.15, 0.2) is 0 Å². The minimum Gasteiger partial charge on any atom is -0.380 e. The number of rotatable bonds is 2. The molecule has 1 saturated heterocycles. The number of hydrogen-bond acceptors (Lipinski definition) is 2. The highest BCUT2D eigenvalue weighted by Gasteiger charge is 2.26. The lowest BCUT2D eigenvalue weighted by atomic mass is 10.0. The molecule has 0 spiro atoms. The molecule has 1 rings (SSSR count). The predicted octanol–water partition coefficient (Wildman–Crippen LogP) is 0.552. The van der Waals surface area contributed by atoms with Crippen LogP contribution < -0.4 is 0 Å². The van der Waals surface area contributed by atoms with E-state index in [0.717, 1.165) is 23.3 Å². The molecule has 62 valence electrons. The Hall–Kier alpha value is -0.333. The van der Waals surface area contributed by atoms with Crippen molar-refractivity contribution >= 4 is 10.2 Å². The molecule has 11 heavy (non-hydrogen) atoms.